The molecule has 138 valence electrons. The highest BCUT2D eigenvalue weighted by Crippen LogP contribution is 2.27. The van der Waals surface area contributed by atoms with Crippen LogP contribution in [0.1, 0.15) is 20.3 Å². The molecule has 0 aromatic heterocycles. The molecule has 1 rings (SSSR count). The normalized spacial score (nSPS) is 11.4. The van der Waals surface area contributed by atoms with Gasteiger partial charge in [-0.1, -0.05) is 30.1 Å². The summed E-state index contributed by atoms with van der Waals surface area (Å²) in [6.07, 6.45) is 0.793. The van der Waals surface area contributed by atoms with Crippen LogP contribution in [0.2, 0.25) is 10.0 Å². The third-order valence-electron chi connectivity index (χ3n) is 2.92. The van der Waals surface area contributed by atoms with Gasteiger partial charge in [0.1, 0.15) is 11.8 Å². The van der Waals surface area contributed by atoms with Gasteiger partial charge < -0.3 is 20.1 Å². The molecule has 1 aromatic rings. The number of esters is 1. The van der Waals surface area contributed by atoms with Crippen molar-refractivity contribution in [3.63, 3.8) is 0 Å². The van der Waals surface area contributed by atoms with Gasteiger partial charge in [0.25, 0.3) is 5.91 Å². The highest BCUT2D eigenvalue weighted by molar-refractivity contribution is 6.35. The molecule has 0 fully saturated rings. The molecule has 0 saturated carbocycles. The van der Waals surface area contributed by atoms with E-state index in [4.69, 9.17) is 32.7 Å². The van der Waals surface area contributed by atoms with Crippen LogP contribution in [0.3, 0.4) is 0 Å². The summed E-state index contributed by atoms with van der Waals surface area (Å²) in [6, 6.07) is 3.83. The number of hydrogen-bond acceptors (Lipinski definition) is 5. The van der Waals surface area contributed by atoms with E-state index in [0.29, 0.717) is 11.6 Å². The van der Waals surface area contributed by atoms with Crippen LogP contribution in [-0.4, -0.2) is 43.6 Å². The molecular formula is C16H20Cl2N2O5. The zero-order valence-electron chi connectivity index (χ0n) is 13.9. The maximum absolute atomic E-state index is 11.7. The van der Waals surface area contributed by atoms with Crippen LogP contribution in [-0.2, 0) is 19.1 Å². The van der Waals surface area contributed by atoms with E-state index in [9.17, 15) is 14.4 Å². The molecule has 2 N–H and O–H groups in total. The maximum atomic E-state index is 11.7. The van der Waals surface area contributed by atoms with Crippen LogP contribution in [0.15, 0.2) is 18.2 Å². The lowest BCUT2D eigenvalue weighted by Crippen LogP contribution is -2.46. The van der Waals surface area contributed by atoms with E-state index in [1.54, 1.807) is 6.07 Å². The standard InChI is InChI=1S/C16H20Cl2N2O5/c1-3-6-19-16(23)10(2)20-14(21)8-25-15(22)9-24-13-5-4-11(17)7-12(13)18/h4-5,7,10H,3,6,8-9H2,1-2H3,(H,19,23)(H,20,21)/t10-/m0/s1. The fourth-order valence-electron chi connectivity index (χ4n) is 1.67. The number of ether oxygens (including phenoxy) is 2. The molecule has 25 heavy (non-hydrogen) atoms. The van der Waals surface area contributed by atoms with Crippen molar-refractivity contribution >= 4 is 41.0 Å². The molecule has 2 amide bonds. The van der Waals surface area contributed by atoms with Gasteiger partial charge in [-0.25, -0.2) is 4.79 Å². The minimum Gasteiger partial charge on any atom is -0.480 e. The molecule has 9 heteroatoms. The number of rotatable bonds is 9. The molecule has 0 saturated heterocycles. The Morgan fingerprint density at radius 1 is 1.20 bits per heavy atom. The minimum absolute atomic E-state index is 0.255. The predicted octanol–water partition coefficient (Wildman–Crippen LogP) is 1.95. The Kier molecular flexibility index (Phi) is 9.08. The summed E-state index contributed by atoms with van der Waals surface area (Å²) in [5.41, 5.74) is 0. The smallest absolute Gasteiger partial charge is 0.344 e. The highest BCUT2D eigenvalue weighted by Gasteiger charge is 2.16. The molecule has 0 aliphatic rings. The van der Waals surface area contributed by atoms with Gasteiger partial charge in [-0.2, -0.15) is 0 Å². The lowest BCUT2D eigenvalue weighted by atomic mass is 10.3. The summed E-state index contributed by atoms with van der Waals surface area (Å²) in [5.74, 6) is -1.36. The number of nitrogens with one attached hydrogen (secondary N) is 2. The fourth-order valence-corrected chi connectivity index (χ4v) is 2.13. The molecule has 0 unspecified atom stereocenters. The van der Waals surface area contributed by atoms with Crippen molar-refractivity contribution in [1.29, 1.82) is 0 Å². The Morgan fingerprint density at radius 3 is 2.56 bits per heavy atom. The molecular weight excluding hydrogens is 371 g/mol. The van der Waals surface area contributed by atoms with Crippen molar-refractivity contribution in [3.05, 3.63) is 28.2 Å². The topological polar surface area (TPSA) is 93.7 Å². The van der Waals surface area contributed by atoms with E-state index in [-0.39, 0.29) is 16.7 Å². The van der Waals surface area contributed by atoms with E-state index in [2.05, 4.69) is 10.6 Å². The van der Waals surface area contributed by atoms with Gasteiger partial charge in [0.05, 0.1) is 5.02 Å². The third kappa shape index (κ3) is 8.09. The first kappa shape index (κ1) is 21.1. The van der Waals surface area contributed by atoms with Crippen LogP contribution >= 0.6 is 23.2 Å². The van der Waals surface area contributed by atoms with Gasteiger partial charge in [-0.05, 0) is 31.5 Å². The third-order valence-corrected chi connectivity index (χ3v) is 3.45. The van der Waals surface area contributed by atoms with Crippen LogP contribution in [0.5, 0.6) is 5.75 Å². The van der Waals surface area contributed by atoms with Gasteiger partial charge in [-0.3, -0.25) is 9.59 Å². The van der Waals surface area contributed by atoms with Crippen molar-refractivity contribution in [2.24, 2.45) is 0 Å². The summed E-state index contributed by atoms with van der Waals surface area (Å²) in [6.45, 7) is 3.06. The number of benzene rings is 1. The molecule has 7 nitrogen and oxygen atoms in total. The number of carbonyl (C=O) groups excluding carboxylic acids is 3. The molecule has 1 atom stereocenters. The molecule has 1 aromatic carbocycles. The largest absolute Gasteiger partial charge is 0.480 e. The molecule has 0 spiro atoms. The van der Waals surface area contributed by atoms with Crippen molar-refractivity contribution < 1.29 is 23.9 Å². The lowest BCUT2D eigenvalue weighted by Gasteiger charge is -2.14. The van der Waals surface area contributed by atoms with Crippen molar-refractivity contribution in [2.75, 3.05) is 19.8 Å². The van der Waals surface area contributed by atoms with Crippen LogP contribution in [0.4, 0.5) is 0 Å². The minimum atomic E-state index is -0.746. The van der Waals surface area contributed by atoms with E-state index in [0.717, 1.165) is 6.42 Å². The number of hydrogen-bond donors (Lipinski definition) is 2. The molecule has 0 heterocycles. The second kappa shape index (κ2) is 10.8. The first-order valence-electron chi connectivity index (χ1n) is 7.64. The van der Waals surface area contributed by atoms with Crippen molar-refractivity contribution in [1.82, 2.24) is 10.6 Å². The number of carbonyl (C=O) groups is 3. The molecule has 0 bridgehead atoms. The van der Waals surface area contributed by atoms with Crippen molar-refractivity contribution in [2.45, 2.75) is 26.3 Å². The fraction of sp³-hybridized carbons (Fsp3) is 0.438. The summed E-state index contributed by atoms with van der Waals surface area (Å²) in [4.78, 5) is 34.9. The summed E-state index contributed by atoms with van der Waals surface area (Å²) in [5, 5.41) is 5.77. The quantitative estimate of drug-likeness (QED) is 0.628. The van der Waals surface area contributed by atoms with Gasteiger partial charge in [0.2, 0.25) is 5.91 Å². The molecule has 0 radical (unpaired) electrons. The average molecular weight is 391 g/mol. The zero-order valence-corrected chi connectivity index (χ0v) is 15.4. The second-order valence-corrected chi connectivity index (χ2v) is 5.95. The Hall–Kier alpha value is -1.99. The van der Waals surface area contributed by atoms with Crippen molar-refractivity contribution in [3.8, 4) is 5.75 Å². The Morgan fingerprint density at radius 2 is 1.92 bits per heavy atom. The van der Waals surface area contributed by atoms with Gasteiger partial charge in [-0.15, -0.1) is 0 Å². The molecule has 0 aliphatic heterocycles. The van der Waals surface area contributed by atoms with E-state index < -0.39 is 31.1 Å². The number of halogens is 2. The lowest BCUT2D eigenvalue weighted by molar-refractivity contribution is -0.150. The highest BCUT2D eigenvalue weighted by atomic mass is 35.5. The predicted molar refractivity (Wildman–Crippen MR) is 93.8 cm³/mol. The molecule has 0 aliphatic carbocycles. The summed E-state index contributed by atoms with van der Waals surface area (Å²) >= 11 is 11.7. The van der Waals surface area contributed by atoms with E-state index in [1.165, 1.54) is 19.1 Å². The van der Waals surface area contributed by atoms with Crippen LogP contribution < -0.4 is 15.4 Å². The number of amides is 2. The Labute approximate surface area is 155 Å². The summed E-state index contributed by atoms with van der Waals surface area (Å²) < 4.78 is 9.96. The van der Waals surface area contributed by atoms with Gasteiger partial charge in [0.15, 0.2) is 13.2 Å². The maximum Gasteiger partial charge on any atom is 0.344 e. The van der Waals surface area contributed by atoms with E-state index in [1.807, 2.05) is 6.92 Å². The first-order chi connectivity index (χ1) is 11.8. The summed E-state index contributed by atoms with van der Waals surface area (Å²) in [7, 11) is 0. The Bertz CT molecular complexity index is 625. The monoisotopic (exact) mass is 390 g/mol. The van der Waals surface area contributed by atoms with Gasteiger partial charge >= 0.3 is 5.97 Å². The zero-order chi connectivity index (χ0) is 18.8. The van der Waals surface area contributed by atoms with Crippen LogP contribution in [0, 0.1) is 0 Å². The van der Waals surface area contributed by atoms with Gasteiger partial charge in [0, 0.05) is 11.6 Å². The SMILES string of the molecule is CCCNC(=O)[C@H](C)NC(=O)COC(=O)COc1ccc(Cl)cc1Cl. The van der Waals surface area contributed by atoms with Crippen LogP contribution in [0.25, 0.3) is 0 Å². The first-order valence-corrected chi connectivity index (χ1v) is 8.39. The second-order valence-electron chi connectivity index (χ2n) is 5.10. The average Bonchev–Trinajstić information content (AvgIpc) is 2.56. The Balaban J connectivity index is 2.31. The van der Waals surface area contributed by atoms with E-state index >= 15 is 0 Å².